The van der Waals surface area contributed by atoms with Crippen molar-refractivity contribution in [1.82, 2.24) is 16.0 Å². The van der Waals surface area contributed by atoms with Crippen LogP contribution in [0.5, 0.6) is 5.75 Å². The largest absolute Gasteiger partial charge is 0.508 e. The number of carbonyl (C=O) groups excluding carboxylic acids is 3. The van der Waals surface area contributed by atoms with E-state index in [4.69, 9.17) is 22.3 Å². The first-order valence-electron chi connectivity index (χ1n) is 14.0. The Bertz CT molecular complexity index is 1160. The summed E-state index contributed by atoms with van der Waals surface area (Å²) in [6.45, 7) is 7.22. The van der Waals surface area contributed by atoms with Gasteiger partial charge in [0.1, 0.15) is 23.9 Å². The lowest BCUT2D eigenvalue weighted by Gasteiger charge is -2.25. The van der Waals surface area contributed by atoms with E-state index >= 15 is 0 Å². The molecule has 3 amide bonds. The SMILES string of the molecule is Cc1cc(O)cc(C)c1C[C@H](N)C(=O)N[C@H](CCCN=C(N)N)C(=O)N[C@@H](CCC(=O)O)C(=O)N[C@@H](CC(C)C)C(=O)O. The van der Waals surface area contributed by atoms with Crippen LogP contribution in [0.3, 0.4) is 0 Å². The molecule has 0 aliphatic rings. The van der Waals surface area contributed by atoms with Crippen LogP contribution in [-0.4, -0.2) is 81.7 Å². The van der Waals surface area contributed by atoms with Crippen LogP contribution in [0.25, 0.3) is 0 Å². The predicted molar refractivity (Wildman–Crippen MR) is 159 cm³/mol. The second-order valence-corrected chi connectivity index (χ2v) is 10.9. The molecule has 0 spiro atoms. The van der Waals surface area contributed by atoms with Crippen LogP contribution in [0.1, 0.15) is 62.6 Å². The number of guanidine groups is 1. The van der Waals surface area contributed by atoms with Gasteiger partial charge in [0, 0.05) is 13.0 Å². The summed E-state index contributed by atoms with van der Waals surface area (Å²) in [6, 6.07) is -1.84. The quantitative estimate of drug-likeness (QED) is 0.0576. The minimum Gasteiger partial charge on any atom is -0.508 e. The molecule has 1 rings (SSSR count). The molecule has 0 aliphatic heterocycles. The fourth-order valence-electron chi connectivity index (χ4n) is 4.43. The zero-order valence-corrected chi connectivity index (χ0v) is 25.1. The molecule has 15 heteroatoms. The van der Waals surface area contributed by atoms with Crippen molar-refractivity contribution < 1.29 is 39.3 Å². The number of rotatable bonds is 18. The van der Waals surface area contributed by atoms with Gasteiger partial charge in [0.15, 0.2) is 5.96 Å². The number of hydrogen-bond acceptors (Lipinski definition) is 8. The molecule has 0 radical (unpaired) electrons. The van der Waals surface area contributed by atoms with Gasteiger partial charge in [-0.3, -0.25) is 24.2 Å². The number of aliphatic imine (C=N–C) groups is 1. The fourth-order valence-corrected chi connectivity index (χ4v) is 4.43. The Kier molecular flexibility index (Phi) is 14.9. The summed E-state index contributed by atoms with van der Waals surface area (Å²) >= 11 is 0. The number of nitrogens with two attached hydrogens (primary N) is 3. The van der Waals surface area contributed by atoms with Crippen LogP contribution in [0.2, 0.25) is 0 Å². The zero-order chi connectivity index (χ0) is 32.9. The van der Waals surface area contributed by atoms with E-state index in [-0.39, 0.29) is 56.3 Å². The first-order valence-corrected chi connectivity index (χ1v) is 14.0. The molecule has 0 aliphatic carbocycles. The van der Waals surface area contributed by atoms with Crippen molar-refractivity contribution in [1.29, 1.82) is 0 Å². The van der Waals surface area contributed by atoms with Gasteiger partial charge in [-0.25, -0.2) is 4.79 Å². The number of aryl methyl sites for hydroxylation is 2. The Hall–Kier alpha value is -4.40. The summed E-state index contributed by atoms with van der Waals surface area (Å²) in [5, 5.41) is 35.9. The van der Waals surface area contributed by atoms with Gasteiger partial charge < -0.3 is 48.5 Å². The summed E-state index contributed by atoms with van der Waals surface area (Å²) in [6.07, 6.45) is -0.295. The predicted octanol–water partition coefficient (Wildman–Crippen LogP) is -0.618. The molecule has 43 heavy (non-hydrogen) atoms. The number of hydrogen-bond donors (Lipinski definition) is 9. The smallest absolute Gasteiger partial charge is 0.326 e. The van der Waals surface area contributed by atoms with Gasteiger partial charge in [-0.15, -0.1) is 0 Å². The van der Waals surface area contributed by atoms with E-state index in [1.807, 2.05) is 0 Å². The molecular formula is C28H45N7O8. The molecular weight excluding hydrogens is 562 g/mol. The standard InChI is InChI=1S/C28H45N7O8/c1-14(2)10-22(27(42)43)35-26(41)21(7-8-23(37)38)34-25(40)20(6-5-9-32-28(30)31)33-24(39)19(29)13-18-15(3)11-17(36)12-16(18)4/h11-12,14,19-22,36H,5-10,13,29H2,1-4H3,(H,33,39)(H,34,40)(H,35,41)(H,37,38)(H,42,43)(H4,30,31,32)/t19-,20+,21-,22-/m0/s1. The van der Waals surface area contributed by atoms with Gasteiger partial charge in [-0.05, 0) is 80.7 Å². The summed E-state index contributed by atoms with van der Waals surface area (Å²) in [4.78, 5) is 66.2. The maximum Gasteiger partial charge on any atom is 0.326 e. The van der Waals surface area contributed by atoms with Crippen molar-refractivity contribution in [3.05, 3.63) is 28.8 Å². The van der Waals surface area contributed by atoms with E-state index in [0.29, 0.717) is 0 Å². The number of nitrogens with zero attached hydrogens (tertiary/aromatic N) is 1. The van der Waals surface area contributed by atoms with E-state index in [0.717, 1.165) is 16.7 Å². The highest BCUT2D eigenvalue weighted by atomic mass is 16.4. The molecule has 0 fully saturated rings. The fraction of sp³-hybridized carbons (Fsp3) is 0.571. The highest BCUT2D eigenvalue weighted by Crippen LogP contribution is 2.22. The Morgan fingerprint density at radius 3 is 1.86 bits per heavy atom. The third-order valence-electron chi connectivity index (χ3n) is 6.62. The monoisotopic (exact) mass is 607 g/mol. The number of nitrogens with one attached hydrogen (secondary N) is 3. The average Bonchev–Trinajstić information content (AvgIpc) is 2.88. The van der Waals surface area contributed by atoms with E-state index in [1.54, 1.807) is 39.8 Å². The minimum atomic E-state index is -1.40. The number of phenols is 1. The third-order valence-corrected chi connectivity index (χ3v) is 6.62. The van der Waals surface area contributed by atoms with Gasteiger partial charge in [0.25, 0.3) is 0 Å². The highest BCUT2D eigenvalue weighted by molar-refractivity contribution is 5.94. The number of carbonyl (C=O) groups is 5. The van der Waals surface area contributed by atoms with Gasteiger partial charge in [0.05, 0.1) is 6.04 Å². The summed E-state index contributed by atoms with van der Waals surface area (Å²) in [7, 11) is 0. The van der Waals surface area contributed by atoms with Crippen LogP contribution in [0.4, 0.5) is 0 Å². The van der Waals surface area contributed by atoms with Crippen LogP contribution >= 0.6 is 0 Å². The third kappa shape index (κ3) is 13.4. The first kappa shape index (κ1) is 36.6. The summed E-state index contributed by atoms with van der Waals surface area (Å²) in [5.74, 6) is -4.99. The van der Waals surface area contributed by atoms with E-state index in [2.05, 4.69) is 20.9 Å². The molecule has 0 bridgehead atoms. The van der Waals surface area contributed by atoms with Crippen molar-refractivity contribution in [2.75, 3.05) is 6.54 Å². The molecule has 240 valence electrons. The molecule has 1 aromatic rings. The van der Waals surface area contributed by atoms with Crippen LogP contribution in [0, 0.1) is 19.8 Å². The Labute approximate surface area is 250 Å². The summed E-state index contributed by atoms with van der Waals surface area (Å²) < 4.78 is 0. The van der Waals surface area contributed by atoms with E-state index in [9.17, 15) is 34.2 Å². The van der Waals surface area contributed by atoms with Crippen molar-refractivity contribution in [3.63, 3.8) is 0 Å². The number of carboxylic acid groups (broad SMARTS) is 2. The number of phenolic OH excluding ortho intramolecular Hbond substituents is 1. The van der Waals surface area contributed by atoms with Crippen molar-refractivity contribution in [3.8, 4) is 5.75 Å². The van der Waals surface area contributed by atoms with E-state index < -0.39 is 60.2 Å². The number of amides is 3. The average molecular weight is 608 g/mol. The number of benzene rings is 1. The molecule has 0 heterocycles. The van der Waals surface area contributed by atoms with Crippen LogP contribution in [-0.2, 0) is 30.4 Å². The Balaban J connectivity index is 3.16. The molecule has 0 saturated heterocycles. The van der Waals surface area contributed by atoms with Gasteiger partial charge >= 0.3 is 11.9 Å². The number of aliphatic carboxylic acids is 2. The lowest BCUT2D eigenvalue weighted by Crippen LogP contribution is -2.57. The first-order chi connectivity index (χ1) is 20.0. The van der Waals surface area contributed by atoms with Crippen molar-refractivity contribution >= 4 is 35.6 Å². The Morgan fingerprint density at radius 1 is 0.860 bits per heavy atom. The van der Waals surface area contributed by atoms with Gasteiger partial charge in [0.2, 0.25) is 17.7 Å². The molecule has 15 nitrogen and oxygen atoms in total. The molecule has 4 atom stereocenters. The lowest BCUT2D eigenvalue weighted by molar-refractivity contribution is -0.143. The Morgan fingerprint density at radius 2 is 1.37 bits per heavy atom. The topological polar surface area (TPSA) is 273 Å². The van der Waals surface area contributed by atoms with Crippen LogP contribution < -0.4 is 33.2 Å². The normalized spacial score (nSPS) is 13.7. The molecule has 0 saturated carbocycles. The highest BCUT2D eigenvalue weighted by Gasteiger charge is 2.31. The van der Waals surface area contributed by atoms with Crippen LogP contribution in [0.15, 0.2) is 17.1 Å². The zero-order valence-electron chi connectivity index (χ0n) is 25.1. The van der Waals surface area contributed by atoms with Crippen molar-refractivity contribution in [2.24, 2.45) is 28.1 Å². The molecule has 0 unspecified atom stereocenters. The maximum absolute atomic E-state index is 13.4. The number of carboxylic acids is 2. The van der Waals surface area contributed by atoms with E-state index in [1.165, 1.54) is 0 Å². The molecule has 1 aromatic carbocycles. The summed E-state index contributed by atoms with van der Waals surface area (Å²) in [5.41, 5.74) is 19.1. The second kappa shape index (κ2) is 17.5. The molecule has 12 N–H and O–H groups in total. The van der Waals surface area contributed by atoms with Gasteiger partial charge in [-0.1, -0.05) is 13.8 Å². The number of aromatic hydroxyl groups is 1. The maximum atomic E-state index is 13.4. The molecule has 0 aromatic heterocycles. The second-order valence-electron chi connectivity index (χ2n) is 10.9. The van der Waals surface area contributed by atoms with Gasteiger partial charge in [-0.2, -0.15) is 0 Å². The lowest BCUT2D eigenvalue weighted by atomic mass is 9.95. The minimum absolute atomic E-state index is 0.0384. The van der Waals surface area contributed by atoms with Crippen molar-refractivity contribution in [2.45, 2.75) is 90.4 Å².